The van der Waals surface area contributed by atoms with Crippen LogP contribution in [0.2, 0.25) is 0 Å². The maximum Gasteiger partial charge on any atom is 0.0576 e. The molecule has 0 amide bonds. The van der Waals surface area contributed by atoms with Gasteiger partial charge in [0.2, 0.25) is 0 Å². The summed E-state index contributed by atoms with van der Waals surface area (Å²) in [7, 11) is 0. The van der Waals surface area contributed by atoms with E-state index >= 15 is 0 Å². The molecule has 11 heavy (non-hydrogen) atoms. The van der Waals surface area contributed by atoms with Crippen LogP contribution < -0.4 is 5.32 Å². The molecule has 0 aromatic carbocycles. The highest BCUT2D eigenvalue weighted by Crippen LogP contribution is 1.86. The van der Waals surface area contributed by atoms with Crippen LogP contribution in [0.4, 0.5) is 0 Å². The molecule has 0 rings (SSSR count). The lowest BCUT2D eigenvalue weighted by molar-refractivity contribution is 0.580. The topological polar surface area (TPSA) is 12.0 Å². The second kappa shape index (κ2) is 6.24. The van der Waals surface area contributed by atoms with Crippen molar-refractivity contribution in [3.63, 3.8) is 0 Å². The molecule has 1 heteroatoms. The summed E-state index contributed by atoms with van der Waals surface area (Å²) in [6, 6.07) is 0. The van der Waals surface area contributed by atoms with Crippen molar-refractivity contribution in [3.8, 4) is 11.8 Å². The Morgan fingerprint density at radius 3 is 2.27 bits per heavy atom. The molecule has 0 aliphatic heterocycles. The summed E-state index contributed by atoms with van der Waals surface area (Å²) < 4.78 is 0. The molecule has 0 radical (unpaired) electrons. The van der Waals surface area contributed by atoms with E-state index in [1.807, 2.05) is 0 Å². The predicted molar refractivity (Wildman–Crippen MR) is 50.3 cm³/mol. The minimum Gasteiger partial charge on any atom is -0.306 e. The van der Waals surface area contributed by atoms with Gasteiger partial charge in [-0.3, -0.25) is 0 Å². The fourth-order valence-electron chi connectivity index (χ4n) is 0.678. The molecule has 0 aliphatic rings. The van der Waals surface area contributed by atoms with Gasteiger partial charge >= 0.3 is 0 Å². The van der Waals surface area contributed by atoms with Crippen molar-refractivity contribution in [1.29, 1.82) is 0 Å². The van der Waals surface area contributed by atoms with Gasteiger partial charge in [-0.25, -0.2) is 0 Å². The summed E-state index contributed by atoms with van der Waals surface area (Å²) in [5, 5.41) is 3.27. The van der Waals surface area contributed by atoms with Crippen LogP contribution in [0.5, 0.6) is 0 Å². The molecule has 0 atom stereocenters. The lowest BCUT2D eigenvalue weighted by atomic mass is 10.2. The average Bonchev–Trinajstić information content (AvgIpc) is 1.85. The van der Waals surface area contributed by atoms with Crippen molar-refractivity contribution in [2.75, 3.05) is 13.1 Å². The molecular weight excluding hydrogens is 134 g/mol. The fraction of sp³-hybridized carbons (Fsp3) is 0.800. The summed E-state index contributed by atoms with van der Waals surface area (Å²) in [6.45, 7) is 10.5. The van der Waals surface area contributed by atoms with Crippen LogP contribution in [-0.4, -0.2) is 13.1 Å². The number of rotatable bonds is 3. The summed E-state index contributed by atoms with van der Waals surface area (Å²) in [5.41, 5.74) is 0. The second-order valence-corrected chi connectivity index (χ2v) is 3.50. The predicted octanol–water partition coefficient (Wildman–Crippen LogP) is 1.89. The minimum atomic E-state index is 0.496. The largest absolute Gasteiger partial charge is 0.306 e. The van der Waals surface area contributed by atoms with Crippen molar-refractivity contribution >= 4 is 0 Å². The van der Waals surface area contributed by atoms with Crippen LogP contribution >= 0.6 is 0 Å². The van der Waals surface area contributed by atoms with E-state index in [9.17, 15) is 0 Å². The van der Waals surface area contributed by atoms with Crippen LogP contribution in [0.3, 0.4) is 0 Å². The standard InChI is InChI=1S/C10H19N/c1-9(2)6-5-7-11-8-10(3)4/h9-11H,7-8H2,1-4H3. The van der Waals surface area contributed by atoms with Gasteiger partial charge in [0.1, 0.15) is 0 Å². The van der Waals surface area contributed by atoms with Gasteiger partial charge in [-0.15, -0.1) is 0 Å². The Hall–Kier alpha value is -0.480. The van der Waals surface area contributed by atoms with Crippen LogP contribution in [0.25, 0.3) is 0 Å². The number of hydrogen-bond acceptors (Lipinski definition) is 1. The molecule has 0 saturated heterocycles. The zero-order valence-electron chi connectivity index (χ0n) is 8.07. The van der Waals surface area contributed by atoms with E-state index in [2.05, 4.69) is 44.9 Å². The summed E-state index contributed by atoms with van der Waals surface area (Å²) >= 11 is 0. The first-order chi connectivity index (χ1) is 5.13. The Kier molecular flexibility index (Phi) is 5.97. The lowest BCUT2D eigenvalue weighted by Crippen LogP contribution is -2.19. The van der Waals surface area contributed by atoms with Crippen molar-refractivity contribution < 1.29 is 0 Å². The summed E-state index contributed by atoms with van der Waals surface area (Å²) in [4.78, 5) is 0. The van der Waals surface area contributed by atoms with Gasteiger partial charge in [-0.1, -0.05) is 39.5 Å². The van der Waals surface area contributed by atoms with Gasteiger partial charge in [0.15, 0.2) is 0 Å². The van der Waals surface area contributed by atoms with Crippen molar-refractivity contribution in [3.05, 3.63) is 0 Å². The molecule has 0 aromatic heterocycles. The Morgan fingerprint density at radius 1 is 1.18 bits per heavy atom. The van der Waals surface area contributed by atoms with Crippen molar-refractivity contribution in [2.24, 2.45) is 11.8 Å². The third-order valence-corrected chi connectivity index (χ3v) is 1.16. The van der Waals surface area contributed by atoms with Crippen LogP contribution in [0.15, 0.2) is 0 Å². The van der Waals surface area contributed by atoms with Gasteiger partial charge in [-0.05, 0) is 12.5 Å². The van der Waals surface area contributed by atoms with Gasteiger partial charge in [-0.2, -0.15) is 0 Å². The van der Waals surface area contributed by atoms with E-state index in [4.69, 9.17) is 0 Å². The van der Waals surface area contributed by atoms with E-state index in [0.717, 1.165) is 19.0 Å². The normalized spacial score (nSPS) is 10.0. The Bertz CT molecular complexity index is 137. The summed E-state index contributed by atoms with van der Waals surface area (Å²) in [5.74, 6) is 7.40. The SMILES string of the molecule is CC(C)C#CCNCC(C)C. The van der Waals surface area contributed by atoms with E-state index in [0.29, 0.717) is 5.92 Å². The highest BCUT2D eigenvalue weighted by atomic mass is 14.8. The fourth-order valence-corrected chi connectivity index (χ4v) is 0.678. The monoisotopic (exact) mass is 153 g/mol. The van der Waals surface area contributed by atoms with E-state index in [1.54, 1.807) is 0 Å². The second-order valence-electron chi connectivity index (χ2n) is 3.50. The summed E-state index contributed by atoms with van der Waals surface area (Å²) in [6.07, 6.45) is 0. The zero-order valence-corrected chi connectivity index (χ0v) is 8.07. The molecule has 0 bridgehead atoms. The van der Waals surface area contributed by atoms with Gasteiger partial charge in [0.25, 0.3) is 0 Å². The Balaban J connectivity index is 3.22. The third-order valence-electron chi connectivity index (χ3n) is 1.16. The first kappa shape index (κ1) is 10.5. The number of hydrogen-bond donors (Lipinski definition) is 1. The molecule has 1 nitrogen and oxygen atoms in total. The third kappa shape index (κ3) is 9.52. The smallest absolute Gasteiger partial charge is 0.0576 e. The van der Waals surface area contributed by atoms with Crippen LogP contribution in [0.1, 0.15) is 27.7 Å². The Labute approximate surface area is 70.6 Å². The highest BCUT2D eigenvalue weighted by Gasteiger charge is 1.89. The molecular formula is C10H19N. The van der Waals surface area contributed by atoms with Gasteiger partial charge < -0.3 is 5.32 Å². The molecule has 0 heterocycles. The molecule has 0 saturated carbocycles. The van der Waals surface area contributed by atoms with Crippen LogP contribution in [0, 0.1) is 23.7 Å². The van der Waals surface area contributed by atoms with E-state index in [-0.39, 0.29) is 0 Å². The molecule has 64 valence electrons. The Morgan fingerprint density at radius 2 is 1.82 bits per heavy atom. The molecule has 1 N–H and O–H groups in total. The highest BCUT2D eigenvalue weighted by molar-refractivity contribution is 5.02. The molecule has 0 spiro atoms. The quantitative estimate of drug-likeness (QED) is 0.482. The van der Waals surface area contributed by atoms with Gasteiger partial charge in [0.05, 0.1) is 6.54 Å². The van der Waals surface area contributed by atoms with E-state index in [1.165, 1.54) is 0 Å². The minimum absolute atomic E-state index is 0.496. The number of nitrogens with one attached hydrogen (secondary N) is 1. The van der Waals surface area contributed by atoms with Crippen LogP contribution in [-0.2, 0) is 0 Å². The molecule has 0 aliphatic carbocycles. The lowest BCUT2D eigenvalue weighted by Gasteiger charge is -2.02. The zero-order chi connectivity index (χ0) is 8.69. The van der Waals surface area contributed by atoms with E-state index < -0.39 is 0 Å². The van der Waals surface area contributed by atoms with Crippen molar-refractivity contribution in [2.45, 2.75) is 27.7 Å². The van der Waals surface area contributed by atoms with Gasteiger partial charge in [0, 0.05) is 5.92 Å². The molecule has 0 unspecified atom stereocenters. The maximum absolute atomic E-state index is 3.27. The first-order valence-electron chi connectivity index (χ1n) is 4.32. The molecule has 0 aromatic rings. The first-order valence-corrected chi connectivity index (χ1v) is 4.32. The van der Waals surface area contributed by atoms with Crippen molar-refractivity contribution in [1.82, 2.24) is 5.32 Å². The average molecular weight is 153 g/mol. The molecule has 0 fully saturated rings. The maximum atomic E-state index is 3.27.